The van der Waals surface area contributed by atoms with Gasteiger partial charge in [0.15, 0.2) is 5.82 Å². The molecule has 2 aromatic rings. The molecular formula is C20H25N7O2. The highest BCUT2D eigenvalue weighted by Crippen LogP contribution is 2.34. The van der Waals surface area contributed by atoms with Gasteiger partial charge >= 0.3 is 0 Å². The third kappa shape index (κ3) is 3.87. The van der Waals surface area contributed by atoms with Crippen LogP contribution in [-0.4, -0.2) is 77.5 Å². The van der Waals surface area contributed by atoms with Gasteiger partial charge in [0.1, 0.15) is 18.1 Å². The zero-order valence-electron chi connectivity index (χ0n) is 16.4. The molecule has 0 spiro atoms. The summed E-state index contributed by atoms with van der Waals surface area (Å²) in [7, 11) is 2.11. The van der Waals surface area contributed by atoms with E-state index < -0.39 is 0 Å². The fraction of sp³-hybridized carbons (Fsp3) is 0.350. The molecule has 3 heterocycles. The minimum atomic E-state index is -0.115. The first-order valence-corrected chi connectivity index (χ1v) is 9.58. The summed E-state index contributed by atoms with van der Waals surface area (Å²) in [5.41, 5.74) is 8.55. The van der Waals surface area contributed by atoms with Crippen molar-refractivity contribution >= 4 is 28.4 Å². The van der Waals surface area contributed by atoms with Crippen LogP contribution in [0, 0.1) is 5.41 Å². The topological polar surface area (TPSA) is 115 Å². The zero-order valence-corrected chi connectivity index (χ0v) is 16.4. The van der Waals surface area contributed by atoms with Crippen LogP contribution in [-0.2, 0) is 4.74 Å². The van der Waals surface area contributed by atoms with Gasteiger partial charge in [-0.2, -0.15) is 0 Å². The first kappa shape index (κ1) is 19.2. The largest absolute Gasteiger partial charge is 0.489 e. The highest BCUT2D eigenvalue weighted by molar-refractivity contribution is 6.50. The number of hydrogen-bond donors (Lipinski definition) is 3. The van der Waals surface area contributed by atoms with Gasteiger partial charge in [0.25, 0.3) is 0 Å². The van der Waals surface area contributed by atoms with Crippen LogP contribution in [0.1, 0.15) is 0 Å². The second kappa shape index (κ2) is 8.06. The fourth-order valence-corrected chi connectivity index (χ4v) is 3.39. The quantitative estimate of drug-likeness (QED) is 0.649. The van der Waals surface area contributed by atoms with Gasteiger partial charge in [0, 0.05) is 38.5 Å². The third-order valence-corrected chi connectivity index (χ3v) is 5.01. The van der Waals surface area contributed by atoms with E-state index in [9.17, 15) is 0 Å². The smallest absolute Gasteiger partial charge is 0.177 e. The van der Waals surface area contributed by atoms with E-state index in [1.165, 1.54) is 6.08 Å². The summed E-state index contributed by atoms with van der Waals surface area (Å²) < 4.78 is 7.31. The highest BCUT2D eigenvalue weighted by atomic mass is 16.5. The molecule has 1 aliphatic carbocycles. The van der Waals surface area contributed by atoms with Crippen molar-refractivity contribution in [3.05, 3.63) is 48.0 Å². The summed E-state index contributed by atoms with van der Waals surface area (Å²) in [6, 6.07) is 5.84. The van der Waals surface area contributed by atoms with Gasteiger partial charge in [-0.15, -0.1) is 5.10 Å². The molecule has 2 aromatic heterocycles. The molecule has 0 unspecified atom stereocenters. The number of fused-ring (bicyclic) bond motifs is 1. The summed E-state index contributed by atoms with van der Waals surface area (Å²) >= 11 is 0. The number of aliphatic hydroxyl groups is 1. The van der Waals surface area contributed by atoms with Crippen LogP contribution >= 0.6 is 0 Å². The average Bonchev–Trinajstić information content (AvgIpc) is 3.08. The van der Waals surface area contributed by atoms with Crippen molar-refractivity contribution < 1.29 is 9.84 Å². The van der Waals surface area contributed by atoms with Gasteiger partial charge < -0.3 is 25.4 Å². The van der Waals surface area contributed by atoms with E-state index in [0.717, 1.165) is 43.2 Å². The molecule has 152 valence electrons. The Morgan fingerprint density at radius 2 is 2.03 bits per heavy atom. The lowest BCUT2D eigenvalue weighted by molar-refractivity contribution is 0.149. The van der Waals surface area contributed by atoms with E-state index in [0.29, 0.717) is 17.2 Å². The fourth-order valence-electron chi connectivity index (χ4n) is 3.39. The molecule has 1 fully saturated rings. The molecular weight excluding hydrogens is 370 g/mol. The number of aliphatic hydroxyl groups excluding tert-OH is 1. The molecule has 0 amide bonds. The van der Waals surface area contributed by atoms with E-state index in [4.69, 9.17) is 31.1 Å². The Kier molecular flexibility index (Phi) is 5.32. The molecule has 0 atom stereocenters. The molecule has 9 heteroatoms. The molecule has 0 aromatic carbocycles. The van der Waals surface area contributed by atoms with Crippen LogP contribution in [0.3, 0.4) is 0 Å². The zero-order chi connectivity index (χ0) is 20.4. The summed E-state index contributed by atoms with van der Waals surface area (Å²) in [6.45, 7) is 3.66. The van der Waals surface area contributed by atoms with Crippen LogP contribution in [0.25, 0.3) is 5.52 Å². The number of aromatic nitrogens is 2. The normalized spacial score (nSPS) is 19.6. The Balaban J connectivity index is 1.77. The molecule has 2 aliphatic rings. The molecule has 0 saturated carbocycles. The van der Waals surface area contributed by atoms with Crippen molar-refractivity contribution in [2.24, 2.45) is 10.7 Å². The number of pyridine rings is 1. The number of nitrogens with one attached hydrogen (secondary N) is 1. The van der Waals surface area contributed by atoms with Gasteiger partial charge in [-0.3, -0.25) is 5.41 Å². The monoisotopic (exact) mass is 395 g/mol. The lowest BCUT2D eigenvalue weighted by Gasteiger charge is -2.32. The van der Waals surface area contributed by atoms with E-state index >= 15 is 0 Å². The second-order valence-corrected chi connectivity index (χ2v) is 7.08. The van der Waals surface area contributed by atoms with Gasteiger partial charge in [0.05, 0.1) is 29.2 Å². The molecule has 0 bridgehead atoms. The minimum Gasteiger partial charge on any atom is -0.489 e. The van der Waals surface area contributed by atoms with Gasteiger partial charge in [0.2, 0.25) is 0 Å². The number of ether oxygens (including phenoxy) is 1. The predicted molar refractivity (Wildman–Crippen MR) is 113 cm³/mol. The van der Waals surface area contributed by atoms with Crippen LogP contribution in [0.5, 0.6) is 0 Å². The number of hydrogen-bond acceptors (Lipinski definition) is 8. The maximum absolute atomic E-state index is 9.02. The summed E-state index contributed by atoms with van der Waals surface area (Å²) in [6.07, 6.45) is 5.06. The molecule has 0 radical (unpaired) electrons. The summed E-state index contributed by atoms with van der Waals surface area (Å²) in [4.78, 5) is 9.33. The number of allylic oxidation sites excluding steroid dienone is 2. The van der Waals surface area contributed by atoms with Gasteiger partial charge in [-0.25, -0.2) is 9.51 Å². The van der Waals surface area contributed by atoms with E-state index in [1.807, 2.05) is 28.9 Å². The van der Waals surface area contributed by atoms with Crippen molar-refractivity contribution in [1.29, 1.82) is 5.41 Å². The Hall–Kier alpha value is -3.17. The average molecular weight is 395 g/mol. The number of nitrogens with two attached hydrogens (primary N) is 1. The molecule has 29 heavy (non-hydrogen) atoms. The Labute approximate surface area is 168 Å². The van der Waals surface area contributed by atoms with Crippen LogP contribution in [0.4, 0.5) is 11.5 Å². The second-order valence-electron chi connectivity index (χ2n) is 7.08. The van der Waals surface area contributed by atoms with Crippen molar-refractivity contribution in [2.45, 2.75) is 0 Å². The number of aliphatic imine (C=N–C) groups is 1. The lowest BCUT2D eigenvalue weighted by Crippen LogP contribution is -2.44. The minimum absolute atomic E-state index is 0.115. The summed E-state index contributed by atoms with van der Waals surface area (Å²) in [5, 5.41) is 22.1. The maximum atomic E-state index is 9.02. The number of likely N-dealkylation sites (N-methyl/N-ethyl adjacent to an activating group) is 1. The first-order valence-electron chi connectivity index (χ1n) is 9.58. The molecule has 4 N–H and O–H groups in total. The van der Waals surface area contributed by atoms with Crippen molar-refractivity contribution in [2.75, 3.05) is 51.3 Å². The molecule has 4 rings (SSSR count). The molecule has 9 nitrogen and oxygen atoms in total. The van der Waals surface area contributed by atoms with Crippen LogP contribution < -0.4 is 10.6 Å². The van der Waals surface area contributed by atoms with Crippen molar-refractivity contribution in [1.82, 2.24) is 14.5 Å². The van der Waals surface area contributed by atoms with Crippen molar-refractivity contribution in [3.63, 3.8) is 0 Å². The van der Waals surface area contributed by atoms with Crippen LogP contribution in [0.15, 0.2) is 53.0 Å². The first-order chi connectivity index (χ1) is 14.1. The maximum Gasteiger partial charge on any atom is 0.177 e. The number of nitrogens with zero attached hydrogens (tertiary/aromatic N) is 5. The van der Waals surface area contributed by atoms with E-state index in [-0.39, 0.29) is 18.9 Å². The number of anilines is 1. The SMILES string of the molecule is CN1CCN(c2nn3ccccc3c2N=C2C=C(OCCO)C(N)=CC2=N)CC1. The van der Waals surface area contributed by atoms with Crippen molar-refractivity contribution in [3.8, 4) is 0 Å². The number of piperazine rings is 1. The Bertz CT molecular complexity index is 1010. The van der Waals surface area contributed by atoms with E-state index in [2.05, 4.69) is 16.8 Å². The highest BCUT2D eigenvalue weighted by Gasteiger charge is 2.23. The standard InChI is InChI=1S/C20H25N7O2/c1-25-6-8-26(9-7-25)20-19(17-4-2-3-5-27(17)24-20)23-16-13-18(29-11-10-28)15(22)12-14(16)21/h2-5,12-13,21,28H,6-11,22H2,1H3. The van der Waals surface area contributed by atoms with Gasteiger partial charge in [-0.1, -0.05) is 6.07 Å². The van der Waals surface area contributed by atoms with E-state index in [1.54, 1.807) is 6.08 Å². The lowest BCUT2D eigenvalue weighted by atomic mass is 10.1. The van der Waals surface area contributed by atoms with Gasteiger partial charge in [-0.05, 0) is 25.3 Å². The third-order valence-electron chi connectivity index (χ3n) is 5.01. The Morgan fingerprint density at radius 1 is 1.24 bits per heavy atom. The number of rotatable bonds is 5. The Morgan fingerprint density at radius 3 is 2.79 bits per heavy atom. The molecule has 1 saturated heterocycles. The van der Waals surface area contributed by atoms with Crippen LogP contribution in [0.2, 0.25) is 0 Å². The summed E-state index contributed by atoms with van der Waals surface area (Å²) in [5.74, 6) is 1.21. The predicted octanol–water partition coefficient (Wildman–Crippen LogP) is 0.927. The molecule has 1 aliphatic heterocycles.